The van der Waals surface area contributed by atoms with Crippen molar-refractivity contribution < 1.29 is 23.5 Å². The maximum Gasteiger partial charge on any atom is 0.336 e. The SMILES string of the molecule is COc1ccc2c(COC(=O)CNC(=O)c3ccc4ccccc4c3)cc(=O)oc2c1. The Labute approximate surface area is 177 Å². The van der Waals surface area contributed by atoms with Crippen LogP contribution in [0.15, 0.2) is 75.9 Å². The second-order valence-corrected chi connectivity index (χ2v) is 6.86. The molecule has 0 fully saturated rings. The maximum atomic E-state index is 12.4. The van der Waals surface area contributed by atoms with Gasteiger partial charge in [0.05, 0.1) is 7.11 Å². The summed E-state index contributed by atoms with van der Waals surface area (Å²) in [6.07, 6.45) is 0. The van der Waals surface area contributed by atoms with Crippen LogP contribution < -0.4 is 15.7 Å². The van der Waals surface area contributed by atoms with Gasteiger partial charge in [0, 0.05) is 28.6 Å². The molecule has 0 unspecified atom stereocenters. The van der Waals surface area contributed by atoms with Crippen molar-refractivity contribution in [3.63, 3.8) is 0 Å². The number of carbonyl (C=O) groups is 2. The summed E-state index contributed by atoms with van der Waals surface area (Å²) in [5, 5.41) is 5.14. The average Bonchev–Trinajstić information content (AvgIpc) is 2.80. The zero-order valence-electron chi connectivity index (χ0n) is 16.7. The van der Waals surface area contributed by atoms with Gasteiger partial charge in [-0.05, 0) is 35.0 Å². The van der Waals surface area contributed by atoms with E-state index in [0.29, 0.717) is 27.8 Å². The van der Waals surface area contributed by atoms with Gasteiger partial charge in [-0.15, -0.1) is 0 Å². The van der Waals surface area contributed by atoms with E-state index in [9.17, 15) is 14.4 Å². The van der Waals surface area contributed by atoms with Crippen LogP contribution in [0.3, 0.4) is 0 Å². The minimum atomic E-state index is -0.621. The van der Waals surface area contributed by atoms with Gasteiger partial charge in [-0.3, -0.25) is 9.59 Å². The van der Waals surface area contributed by atoms with Gasteiger partial charge in [-0.25, -0.2) is 4.79 Å². The number of methoxy groups -OCH3 is 1. The fraction of sp³-hybridized carbons (Fsp3) is 0.125. The number of nitrogens with one attached hydrogen (secondary N) is 1. The number of hydrogen-bond donors (Lipinski definition) is 1. The zero-order valence-corrected chi connectivity index (χ0v) is 16.7. The molecular weight excluding hydrogens is 398 g/mol. The summed E-state index contributed by atoms with van der Waals surface area (Å²) in [5.41, 5.74) is 0.731. The van der Waals surface area contributed by atoms with Crippen LogP contribution in [0.25, 0.3) is 21.7 Å². The molecule has 0 aliphatic carbocycles. The standard InChI is InChI=1S/C24H19NO6/c1-29-19-8-9-20-18(11-22(26)31-21(20)12-19)14-30-23(27)13-25-24(28)17-7-6-15-4-2-3-5-16(15)10-17/h2-12H,13-14H2,1H3,(H,25,28). The highest BCUT2D eigenvalue weighted by atomic mass is 16.5. The monoisotopic (exact) mass is 417 g/mol. The minimum Gasteiger partial charge on any atom is -0.497 e. The highest BCUT2D eigenvalue weighted by Crippen LogP contribution is 2.23. The second kappa shape index (κ2) is 8.71. The summed E-state index contributed by atoms with van der Waals surface area (Å²) in [7, 11) is 1.51. The number of amides is 1. The van der Waals surface area contributed by atoms with Crippen LogP contribution in [0, 0.1) is 0 Å². The number of hydrogen-bond acceptors (Lipinski definition) is 6. The molecule has 4 rings (SSSR count). The molecule has 0 bridgehead atoms. The lowest BCUT2D eigenvalue weighted by molar-refractivity contribution is -0.143. The fourth-order valence-electron chi connectivity index (χ4n) is 3.25. The van der Waals surface area contributed by atoms with Crippen LogP contribution in [0.2, 0.25) is 0 Å². The van der Waals surface area contributed by atoms with Crippen LogP contribution in [-0.2, 0) is 16.1 Å². The number of ether oxygens (including phenoxy) is 2. The Bertz CT molecular complexity index is 1340. The van der Waals surface area contributed by atoms with Gasteiger partial charge in [0.2, 0.25) is 0 Å². The Morgan fingerprint density at radius 3 is 2.58 bits per heavy atom. The molecule has 0 aliphatic rings. The number of benzene rings is 3. The summed E-state index contributed by atoms with van der Waals surface area (Å²) >= 11 is 0. The molecule has 1 N–H and O–H groups in total. The first-order valence-electron chi connectivity index (χ1n) is 9.57. The molecule has 0 spiro atoms. The summed E-state index contributed by atoms with van der Waals surface area (Å²) in [6.45, 7) is -0.419. The van der Waals surface area contributed by atoms with Crippen LogP contribution in [0.5, 0.6) is 5.75 Å². The summed E-state index contributed by atoms with van der Waals surface area (Å²) in [5.74, 6) is -0.453. The van der Waals surface area contributed by atoms with E-state index in [2.05, 4.69) is 5.32 Å². The van der Waals surface area contributed by atoms with E-state index < -0.39 is 11.6 Å². The van der Waals surface area contributed by atoms with Gasteiger partial charge < -0.3 is 19.2 Å². The first-order valence-corrected chi connectivity index (χ1v) is 9.57. The van der Waals surface area contributed by atoms with E-state index >= 15 is 0 Å². The van der Waals surface area contributed by atoms with Crippen LogP contribution >= 0.6 is 0 Å². The fourth-order valence-corrected chi connectivity index (χ4v) is 3.25. The van der Waals surface area contributed by atoms with E-state index in [4.69, 9.17) is 13.9 Å². The van der Waals surface area contributed by atoms with Crippen molar-refractivity contribution >= 4 is 33.6 Å². The van der Waals surface area contributed by atoms with Crippen molar-refractivity contribution in [3.8, 4) is 5.75 Å². The molecule has 1 amide bonds. The highest BCUT2D eigenvalue weighted by Gasteiger charge is 2.12. The molecule has 0 radical (unpaired) electrons. The van der Waals surface area contributed by atoms with Crippen molar-refractivity contribution in [1.29, 1.82) is 0 Å². The third kappa shape index (κ3) is 4.56. The van der Waals surface area contributed by atoms with Crippen LogP contribution in [-0.4, -0.2) is 25.5 Å². The summed E-state index contributed by atoms with van der Waals surface area (Å²) < 4.78 is 15.5. The van der Waals surface area contributed by atoms with Crippen molar-refractivity contribution in [2.24, 2.45) is 0 Å². The molecule has 0 aliphatic heterocycles. The van der Waals surface area contributed by atoms with E-state index in [1.807, 2.05) is 30.3 Å². The molecular formula is C24H19NO6. The first kappa shape index (κ1) is 20.2. The molecule has 7 nitrogen and oxygen atoms in total. The van der Waals surface area contributed by atoms with Gasteiger partial charge in [0.25, 0.3) is 5.91 Å². The van der Waals surface area contributed by atoms with Crippen molar-refractivity contribution in [1.82, 2.24) is 5.32 Å². The van der Waals surface area contributed by atoms with Gasteiger partial charge >= 0.3 is 11.6 Å². The number of fused-ring (bicyclic) bond motifs is 2. The Morgan fingerprint density at radius 2 is 1.77 bits per heavy atom. The molecule has 4 aromatic rings. The van der Waals surface area contributed by atoms with Gasteiger partial charge in [-0.1, -0.05) is 30.3 Å². The van der Waals surface area contributed by atoms with Crippen LogP contribution in [0.4, 0.5) is 0 Å². The molecule has 3 aromatic carbocycles. The normalized spacial score (nSPS) is 10.7. The Kier molecular flexibility index (Phi) is 5.66. The lowest BCUT2D eigenvalue weighted by atomic mass is 10.1. The second-order valence-electron chi connectivity index (χ2n) is 6.86. The summed E-state index contributed by atoms with van der Waals surface area (Å²) in [6, 6.07) is 19.3. The lowest BCUT2D eigenvalue weighted by Crippen LogP contribution is -2.30. The van der Waals surface area contributed by atoms with E-state index in [-0.39, 0.29) is 19.1 Å². The first-order chi connectivity index (χ1) is 15.0. The van der Waals surface area contributed by atoms with E-state index in [1.54, 1.807) is 30.3 Å². The molecule has 31 heavy (non-hydrogen) atoms. The Hall–Kier alpha value is -4.13. The molecule has 1 heterocycles. The van der Waals surface area contributed by atoms with Crippen molar-refractivity contribution in [3.05, 3.63) is 88.3 Å². The van der Waals surface area contributed by atoms with Crippen molar-refractivity contribution in [2.75, 3.05) is 13.7 Å². The Morgan fingerprint density at radius 1 is 0.968 bits per heavy atom. The third-order valence-electron chi connectivity index (χ3n) is 4.83. The van der Waals surface area contributed by atoms with Crippen LogP contribution in [0.1, 0.15) is 15.9 Å². The number of rotatable bonds is 6. The number of esters is 1. The third-order valence-corrected chi connectivity index (χ3v) is 4.83. The molecule has 0 atom stereocenters. The molecule has 1 aromatic heterocycles. The quantitative estimate of drug-likeness (QED) is 0.382. The van der Waals surface area contributed by atoms with Gasteiger partial charge in [0.15, 0.2) is 0 Å². The zero-order chi connectivity index (χ0) is 21.8. The maximum absolute atomic E-state index is 12.4. The Balaban J connectivity index is 1.39. The number of carbonyl (C=O) groups excluding carboxylic acids is 2. The highest BCUT2D eigenvalue weighted by molar-refractivity contribution is 5.99. The molecule has 0 saturated carbocycles. The largest absolute Gasteiger partial charge is 0.497 e. The summed E-state index contributed by atoms with van der Waals surface area (Å²) in [4.78, 5) is 36.3. The molecule has 0 saturated heterocycles. The predicted octanol–water partition coefficient (Wildman–Crippen LogP) is 3.43. The molecule has 7 heteroatoms. The predicted molar refractivity (Wildman–Crippen MR) is 115 cm³/mol. The van der Waals surface area contributed by atoms with Gasteiger partial charge in [0.1, 0.15) is 24.5 Å². The van der Waals surface area contributed by atoms with Crippen molar-refractivity contribution in [2.45, 2.75) is 6.61 Å². The average molecular weight is 417 g/mol. The molecule has 156 valence electrons. The van der Waals surface area contributed by atoms with E-state index in [1.165, 1.54) is 13.2 Å². The lowest BCUT2D eigenvalue weighted by Gasteiger charge is -2.09. The topological polar surface area (TPSA) is 94.8 Å². The smallest absolute Gasteiger partial charge is 0.336 e. The van der Waals surface area contributed by atoms with E-state index in [0.717, 1.165) is 10.8 Å². The minimum absolute atomic E-state index is 0.126. The van der Waals surface area contributed by atoms with Gasteiger partial charge in [-0.2, -0.15) is 0 Å².